The van der Waals surface area contributed by atoms with Crippen LogP contribution in [0.5, 0.6) is 6.01 Å². The number of halogens is 2. The molecular weight excluding hydrogens is 987 g/mol. The largest absolute Gasteiger partial charge is 0.461 e. The summed E-state index contributed by atoms with van der Waals surface area (Å²) in [6, 6.07) is 12.7. The monoisotopic (exact) mass is 1050 g/mol. The lowest BCUT2D eigenvalue weighted by Crippen LogP contribution is -2.54. The number of terminal acetylenes is 1. The molecule has 6 fully saturated rings. The number of imide groups is 2. The molecule has 77 heavy (non-hydrogen) atoms. The minimum absolute atomic E-state index is 0.00303. The van der Waals surface area contributed by atoms with E-state index in [4.69, 9.17) is 25.9 Å². The summed E-state index contributed by atoms with van der Waals surface area (Å²) in [5, 5.41) is 10.8. The van der Waals surface area contributed by atoms with Gasteiger partial charge in [0, 0.05) is 86.6 Å². The van der Waals surface area contributed by atoms with Crippen LogP contribution in [0.3, 0.4) is 0 Å². The average molecular weight is 1050 g/mol. The average Bonchev–Trinajstić information content (AvgIpc) is 4.21. The zero-order chi connectivity index (χ0) is 53.1. The SMILES string of the molecule is C#Cc1c(F)ccc2cccc(-c3ncc4c(N5CC6CCC(C5)N6)nc(OC[C@@]56CC[C@@H](COC(=O)N7CCC(CCCCNc8ccc9c(c8)C(=O)N(C8CCC(=O)NC8=O)C9=O)CC7)N5CC(=C)C6)nc4c3F)c12. The number of carbonyl (C=O) groups excluding carboxylic acids is 5. The summed E-state index contributed by atoms with van der Waals surface area (Å²) in [5.41, 5.74) is 2.24. The van der Waals surface area contributed by atoms with Crippen LogP contribution < -0.4 is 25.6 Å². The molecule has 3 N–H and O–H groups in total. The smallest absolute Gasteiger partial charge is 0.409 e. The number of rotatable bonds is 14. The van der Waals surface area contributed by atoms with E-state index >= 15 is 8.78 Å². The van der Waals surface area contributed by atoms with Crippen LogP contribution in [0, 0.1) is 29.9 Å². The Bertz CT molecular complexity index is 3310. The van der Waals surface area contributed by atoms with E-state index in [2.05, 4.69) is 43.2 Å². The van der Waals surface area contributed by atoms with Gasteiger partial charge in [0.05, 0.1) is 27.6 Å². The quantitative estimate of drug-likeness (QED) is 0.0441. The van der Waals surface area contributed by atoms with E-state index in [1.54, 1.807) is 53.6 Å². The van der Waals surface area contributed by atoms with Gasteiger partial charge in [-0.1, -0.05) is 55.2 Å². The Morgan fingerprint density at radius 2 is 1.74 bits per heavy atom. The highest BCUT2D eigenvalue weighted by molar-refractivity contribution is 6.23. The topological polar surface area (TPSA) is 192 Å². The highest BCUT2D eigenvalue weighted by atomic mass is 19.1. The van der Waals surface area contributed by atoms with Gasteiger partial charge in [-0.05, 0) is 93.4 Å². The van der Waals surface area contributed by atoms with Crippen molar-refractivity contribution in [2.45, 2.75) is 107 Å². The number of aromatic nitrogens is 3. The van der Waals surface area contributed by atoms with E-state index < -0.39 is 46.8 Å². The van der Waals surface area contributed by atoms with E-state index in [9.17, 15) is 24.0 Å². The zero-order valence-electron chi connectivity index (χ0n) is 42.8. The maximum Gasteiger partial charge on any atom is 0.409 e. The van der Waals surface area contributed by atoms with Crippen LogP contribution >= 0.6 is 0 Å². The van der Waals surface area contributed by atoms with Crippen LogP contribution in [-0.4, -0.2) is 142 Å². The van der Waals surface area contributed by atoms with E-state index in [1.807, 2.05) is 0 Å². The van der Waals surface area contributed by atoms with Crippen molar-refractivity contribution in [1.82, 2.24) is 40.3 Å². The Kier molecular flexibility index (Phi) is 13.3. The molecule has 0 radical (unpaired) electrons. The molecule has 5 aromatic rings. The molecule has 6 saturated heterocycles. The Hall–Kier alpha value is -7.56. The molecule has 17 nitrogen and oxygen atoms in total. The number of hydrogen-bond acceptors (Lipinski definition) is 14. The van der Waals surface area contributed by atoms with Gasteiger partial charge < -0.3 is 29.9 Å². The number of nitrogens with zero attached hydrogens (tertiary/aromatic N) is 7. The van der Waals surface area contributed by atoms with Gasteiger partial charge in [-0.25, -0.2) is 13.6 Å². The number of benzene rings is 3. The number of fused-ring (bicyclic) bond motifs is 6. The Balaban J connectivity index is 0.649. The van der Waals surface area contributed by atoms with Gasteiger partial charge in [0.25, 0.3) is 11.8 Å². The van der Waals surface area contributed by atoms with E-state index in [-0.39, 0.29) is 84.2 Å². The molecule has 7 aliphatic heterocycles. The molecule has 12 rings (SSSR count). The highest BCUT2D eigenvalue weighted by Gasteiger charge is 2.52. The molecular formula is C58H60F2N10O7. The summed E-state index contributed by atoms with van der Waals surface area (Å²) in [7, 11) is 0. The van der Waals surface area contributed by atoms with Gasteiger partial charge in [-0.15, -0.1) is 6.42 Å². The first-order valence-electron chi connectivity index (χ1n) is 27.0. The van der Waals surface area contributed by atoms with Crippen molar-refractivity contribution in [2.24, 2.45) is 5.92 Å². The fraction of sp³-hybridized carbons (Fsp3) is 0.448. The maximum absolute atomic E-state index is 17.2. The van der Waals surface area contributed by atoms with Gasteiger partial charge in [0.1, 0.15) is 42.1 Å². The van der Waals surface area contributed by atoms with Crippen molar-refractivity contribution in [1.29, 1.82) is 0 Å². The van der Waals surface area contributed by atoms with Gasteiger partial charge in [-0.3, -0.25) is 39.3 Å². The maximum atomic E-state index is 17.2. The molecule has 3 aromatic carbocycles. The second-order valence-corrected chi connectivity index (χ2v) is 21.9. The van der Waals surface area contributed by atoms with Gasteiger partial charge >= 0.3 is 12.1 Å². The minimum atomic E-state index is -1.00. The number of unbranched alkanes of at least 4 members (excludes halogenated alkanes) is 1. The number of ether oxygens (including phenoxy) is 2. The van der Waals surface area contributed by atoms with Crippen molar-refractivity contribution < 1.29 is 42.2 Å². The lowest BCUT2D eigenvalue weighted by atomic mass is 9.92. The summed E-state index contributed by atoms with van der Waals surface area (Å²) in [5.74, 6) is 0.115. The number of piperidine rings is 2. The van der Waals surface area contributed by atoms with Gasteiger partial charge in [-0.2, -0.15) is 9.97 Å². The number of piperazine rings is 1. The van der Waals surface area contributed by atoms with Crippen molar-refractivity contribution >= 4 is 62.9 Å². The number of pyridine rings is 1. The number of carbonyl (C=O) groups is 5. The number of likely N-dealkylation sites (tertiary alicyclic amines) is 1. The van der Waals surface area contributed by atoms with Crippen LogP contribution in [0.2, 0.25) is 0 Å². The van der Waals surface area contributed by atoms with Crippen LogP contribution in [0.4, 0.5) is 25.1 Å². The number of amides is 5. The van der Waals surface area contributed by atoms with E-state index in [1.165, 1.54) is 6.07 Å². The molecule has 398 valence electrons. The molecule has 0 saturated carbocycles. The zero-order valence-corrected chi connectivity index (χ0v) is 42.8. The molecule has 2 bridgehead atoms. The van der Waals surface area contributed by atoms with Crippen LogP contribution in [-0.2, 0) is 14.3 Å². The molecule has 2 aromatic heterocycles. The minimum Gasteiger partial charge on any atom is -0.461 e. The summed E-state index contributed by atoms with van der Waals surface area (Å²) < 4.78 is 44.9. The Morgan fingerprint density at radius 3 is 2.53 bits per heavy atom. The molecule has 0 aliphatic carbocycles. The molecule has 9 heterocycles. The predicted molar refractivity (Wildman–Crippen MR) is 283 cm³/mol. The Morgan fingerprint density at radius 1 is 0.935 bits per heavy atom. The first kappa shape index (κ1) is 50.3. The van der Waals surface area contributed by atoms with E-state index in [0.717, 1.165) is 68.3 Å². The second-order valence-electron chi connectivity index (χ2n) is 21.9. The molecule has 0 spiro atoms. The lowest BCUT2D eigenvalue weighted by Gasteiger charge is -2.35. The number of hydrogen-bond donors (Lipinski definition) is 3. The first-order valence-corrected chi connectivity index (χ1v) is 27.0. The fourth-order valence-corrected chi connectivity index (χ4v) is 13.2. The standard InChI is InChI=1S/C58H60F2N10O7/c1-3-40-45(59)15-10-35-8-6-9-42(48(35)40)50-49(60)51-44(27-62-50)52(68-29-37-11-12-38(30-68)63-37)66-56(65-51)77-32-58-21-18-39(69(58)28-33(2)26-58)31-76-57(75)67-23-19-34(20-24-67)7-4-5-22-61-36-13-14-41-43(25-36)55(74)70(54(41)73)46-16-17-47(71)64-53(46)72/h1,6,8-10,13-15,25,27,34,37-39,46,61,63H,2,4-5,7,11-12,16-24,26,28-32H2,(H,64,71,72)/t37?,38?,39-,46?,58-/m0/s1. The molecule has 3 unspecified atom stereocenters. The third-order valence-electron chi connectivity index (χ3n) is 17.1. The van der Waals surface area contributed by atoms with Crippen LogP contribution in [0.25, 0.3) is 32.9 Å². The van der Waals surface area contributed by atoms with Crippen LogP contribution in [0.15, 0.2) is 66.9 Å². The molecule has 19 heteroatoms. The van der Waals surface area contributed by atoms with Crippen molar-refractivity contribution in [3.8, 4) is 29.6 Å². The first-order chi connectivity index (χ1) is 37.3. The molecule has 5 amide bonds. The van der Waals surface area contributed by atoms with Crippen molar-refractivity contribution in [3.05, 3.63) is 95.2 Å². The summed E-state index contributed by atoms with van der Waals surface area (Å²) in [4.78, 5) is 85.5. The van der Waals surface area contributed by atoms with Crippen LogP contribution in [0.1, 0.15) is 103 Å². The second kappa shape index (κ2) is 20.4. The van der Waals surface area contributed by atoms with E-state index in [0.29, 0.717) is 84.8 Å². The summed E-state index contributed by atoms with van der Waals surface area (Å²) in [6.45, 7) is 8.72. The highest BCUT2D eigenvalue weighted by Crippen LogP contribution is 2.45. The Labute approximate surface area is 444 Å². The van der Waals surface area contributed by atoms with Gasteiger partial charge in [0.15, 0.2) is 5.82 Å². The fourth-order valence-electron chi connectivity index (χ4n) is 13.2. The lowest BCUT2D eigenvalue weighted by molar-refractivity contribution is -0.136. The van der Waals surface area contributed by atoms with Gasteiger partial charge in [0.2, 0.25) is 11.8 Å². The third-order valence-corrected chi connectivity index (χ3v) is 17.1. The van der Waals surface area contributed by atoms with Crippen molar-refractivity contribution in [2.75, 3.05) is 62.7 Å². The summed E-state index contributed by atoms with van der Waals surface area (Å²) in [6.07, 6.45) is 16.2. The van der Waals surface area contributed by atoms with Crippen molar-refractivity contribution in [3.63, 3.8) is 0 Å². The number of anilines is 2. The molecule has 5 atom stereocenters. The third kappa shape index (κ3) is 9.38. The summed E-state index contributed by atoms with van der Waals surface area (Å²) >= 11 is 0. The predicted octanol–water partition coefficient (Wildman–Crippen LogP) is 7.12. The molecule has 7 aliphatic rings. The normalized spacial score (nSPS) is 24.4. The number of nitrogens with one attached hydrogen (secondary N) is 3.